The lowest BCUT2D eigenvalue weighted by Crippen LogP contribution is -2.04. The van der Waals surface area contributed by atoms with Crippen LogP contribution >= 0.6 is 0 Å². The van der Waals surface area contributed by atoms with E-state index in [1.165, 1.54) is 55.0 Å². The van der Waals surface area contributed by atoms with Gasteiger partial charge in [0.05, 0.1) is 16.7 Å². The van der Waals surface area contributed by atoms with E-state index in [1.54, 1.807) is 0 Å². The largest absolute Gasteiger partial charge is 0.454 e. The van der Waals surface area contributed by atoms with Gasteiger partial charge in [0.2, 0.25) is 0 Å². The first-order chi connectivity index (χ1) is 18.8. The third kappa shape index (κ3) is 3.20. The van der Waals surface area contributed by atoms with Crippen molar-refractivity contribution in [3.8, 4) is 22.3 Å². The number of allylic oxidation sites excluding steroid dienone is 1. The maximum Gasteiger partial charge on any atom is 0.155 e. The lowest BCUT2D eigenvalue weighted by molar-refractivity contribution is 0.585. The Kier molecular flexibility index (Phi) is 4.68. The normalized spacial score (nSPS) is 13.2. The highest BCUT2D eigenvalue weighted by molar-refractivity contribution is 6.13. The molecule has 2 heteroatoms. The fourth-order valence-electron chi connectivity index (χ4n) is 6.10. The molecule has 0 fully saturated rings. The summed E-state index contributed by atoms with van der Waals surface area (Å²) < 4.78 is 8.93. The molecule has 2 heterocycles. The van der Waals surface area contributed by atoms with Crippen LogP contribution in [-0.4, -0.2) is 4.57 Å². The van der Waals surface area contributed by atoms with E-state index in [-0.39, 0.29) is 0 Å². The van der Waals surface area contributed by atoms with Gasteiger partial charge in [-0.25, -0.2) is 0 Å². The first-order valence-corrected chi connectivity index (χ1v) is 13.3. The molecule has 0 radical (unpaired) electrons. The first-order valence-electron chi connectivity index (χ1n) is 13.3. The van der Waals surface area contributed by atoms with E-state index in [1.807, 2.05) is 0 Å². The lowest BCUT2D eigenvalue weighted by Gasteiger charge is -2.16. The van der Waals surface area contributed by atoms with Gasteiger partial charge in [-0.05, 0) is 65.4 Å². The molecule has 0 atom stereocenters. The predicted octanol–water partition coefficient (Wildman–Crippen LogP) is 9.71. The predicted molar refractivity (Wildman–Crippen MR) is 158 cm³/mol. The van der Waals surface area contributed by atoms with Crippen molar-refractivity contribution in [1.82, 2.24) is 4.57 Å². The van der Waals surface area contributed by atoms with E-state index in [4.69, 9.17) is 4.42 Å². The quantitative estimate of drug-likeness (QED) is 0.243. The summed E-state index contributed by atoms with van der Waals surface area (Å²) in [6, 6.07) is 43.4. The van der Waals surface area contributed by atoms with Crippen LogP contribution in [0.4, 0.5) is 0 Å². The molecule has 1 aliphatic rings. The molecule has 2 aromatic heterocycles. The zero-order chi connectivity index (χ0) is 25.1. The highest BCUT2D eigenvalue weighted by Gasteiger charge is 2.25. The summed E-state index contributed by atoms with van der Waals surface area (Å²) in [5, 5.41) is 3.73. The van der Waals surface area contributed by atoms with Gasteiger partial charge in [0, 0.05) is 21.7 Å². The molecule has 0 amide bonds. The maximum absolute atomic E-state index is 6.52. The number of furan rings is 1. The lowest BCUT2D eigenvalue weighted by atomic mass is 9.98. The maximum atomic E-state index is 6.52. The van der Waals surface area contributed by atoms with Crippen molar-refractivity contribution in [2.24, 2.45) is 0 Å². The molecule has 0 spiro atoms. The van der Waals surface area contributed by atoms with Gasteiger partial charge in [-0.1, -0.05) is 97.1 Å². The molecule has 0 saturated heterocycles. The van der Waals surface area contributed by atoms with Crippen LogP contribution in [-0.2, 0) is 6.42 Å². The summed E-state index contributed by atoms with van der Waals surface area (Å²) in [5.74, 6) is 0.996. The van der Waals surface area contributed by atoms with Gasteiger partial charge in [-0.15, -0.1) is 0 Å². The number of rotatable bonds is 3. The fourth-order valence-corrected chi connectivity index (χ4v) is 6.10. The van der Waals surface area contributed by atoms with Gasteiger partial charge in [0.15, 0.2) is 5.76 Å². The van der Waals surface area contributed by atoms with Gasteiger partial charge in [0.1, 0.15) is 5.58 Å². The Morgan fingerprint density at radius 2 is 1.11 bits per heavy atom. The Bertz CT molecular complexity index is 1910. The Balaban J connectivity index is 1.42. The van der Waals surface area contributed by atoms with Crippen molar-refractivity contribution >= 4 is 38.5 Å². The number of hydrogen-bond donors (Lipinski definition) is 0. The van der Waals surface area contributed by atoms with E-state index in [2.05, 4.69) is 132 Å². The summed E-state index contributed by atoms with van der Waals surface area (Å²) in [4.78, 5) is 0. The summed E-state index contributed by atoms with van der Waals surface area (Å²) in [6.07, 6.45) is 4.35. The van der Waals surface area contributed by atoms with Gasteiger partial charge in [0.25, 0.3) is 0 Å². The zero-order valence-electron chi connectivity index (χ0n) is 20.9. The Hall–Kier alpha value is -4.82. The van der Waals surface area contributed by atoms with Crippen LogP contribution in [0.3, 0.4) is 0 Å². The molecular weight excluding hydrogens is 462 g/mol. The van der Waals surface area contributed by atoms with Crippen LogP contribution in [0.15, 0.2) is 132 Å². The molecule has 0 aliphatic heterocycles. The molecule has 0 bridgehead atoms. The summed E-state index contributed by atoms with van der Waals surface area (Å²) in [6.45, 7) is 0. The van der Waals surface area contributed by atoms with E-state index in [0.29, 0.717) is 0 Å². The molecule has 0 saturated carbocycles. The molecule has 180 valence electrons. The first kappa shape index (κ1) is 21.3. The number of benzene rings is 5. The van der Waals surface area contributed by atoms with Gasteiger partial charge < -0.3 is 8.98 Å². The van der Waals surface area contributed by atoms with E-state index in [9.17, 15) is 0 Å². The minimum Gasteiger partial charge on any atom is -0.454 e. The molecule has 0 unspecified atom stereocenters. The number of aromatic nitrogens is 1. The van der Waals surface area contributed by atoms with Crippen molar-refractivity contribution < 1.29 is 4.42 Å². The van der Waals surface area contributed by atoms with Crippen molar-refractivity contribution in [3.05, 3.63) is 139 Å². The number of aryl methyl sites for hydroxylation is 1. The van der Waals surface area contributed by atoms with Gasteiger partial charge in [-0.2, -0.15) is 0 Å². The summed E-state index contributed by atoms with van der Waals surface area (Å²) in [7, 11) is 0. The Morgan fingerprint density at radius 3 is 1.74 bits per heavy atom. The minimum atomic E-state index is 0.962. The van der Waals surface area contributed by atoms with Crippen LogP contribution in [0.25, 0.3) is 60.7 Å². The van der Waals surface area contributed by atoms with Gasteiger partial charge >= 0.3 is 0 Å². The second kappa shape index (κ2) is 8.36. The molecule has 0 N–H and O–H groups in total. The number of para-hydroxylation sites is 1. The molecular formula is C36H25NO. The minimum absolute atomic E-state index is 0.962. The highest BCUT2D eigenvalue weighted by Crippen LogP contribution is 2.42. The van der Waals surface area contributed by atoms with Crippen LogP contribution in [0.1, 0.15) is 17.7 Å². The van der Waals surface area contributed by atoms with E-state index >= 15 is 0 Å². The fraction of sp³-hybridized carbons (Fsp3) is 0.0556. The van der Waals surface area contributed by atoms with Crippen LogP contribution in [0.5, 0.6) is 0 Å². The smallest absolute Gasteiger partial charge is 0.155 e. The third-order valence-corrected chi connectivity index (χ3v) is 7.88. The molecule has 5 aromatic carbocycles. The van der Waals surface area contributed by atoms with E-state index in [0.717, 1.165) is 29.9 Å². The molecule has 8 rings (SSSR count). The number of hydrogen-bond acceptors (Lipinski definition) is 1. The Morgan fingerprint density at radius 1 is 0.526 bits per heavy atom. The van der Waals surface area contributed by atoms with Crippen molar-refractivity contribution in [3.63, 3.8) is 0 Å². The van der Waals surface area contributed by atoms with Crippen LogP contribution in [0, 0.1) is 0 Å². The molecule has 1 aliphatic carbocycles. The molecule has 38 heavy (non-hydrogen) atoms. The monoisotopic (exact) mass is 487 g/mol. The van der Waals surface area contributed by atoms with Crippen LogP contribution < -0.4 is 0 Å². The standard InChI is InChI=1S/C36H25NO/c1-3-10-24(11-4-1)26-18-20-32-30(22-26)31-23-27(25-12-5-2-6-13-25)19-21-33(31)37(32)34-16-9-15-29-28-14-7-8-17-35(28)38-36(29)34/h1-8,10-14,16-23H,9,15H2. The van der Waals surface area contributed by atoms with E-state index < -0.39 is 0 Å². The van der Waals surface area contributed by atoms with Crippen molar-refractivity contribution in [2.45, 2.75) is 12.8 Å². The average Bonchev–Trinajstić information content (AvgIpc) is 3.53. The Labute approximate surface area is 221 Å². The summed E-state index contributed by atoms with van der Waals surface area (Å²) >= 11 is 0. The van der Waals surface area contributed by atoms with Gasteiger partial charge in [-0.3, -0.25) is 0 Å². The third-order valence-electron chi connectivity index (χ3n) is 7.88. The van der Waals surface area contributed by atoms with Crippen LogP contribution in [0.2, 0.25) is 0 Å². The number of nitrogens with zero attached hydrogens (tertiary/aromatic N) is 1. The average molecular weight is 488 g/mol. The second-order valence-corrected chi connectivity index (χ2v) is 10.1. The zero-order valence-corrected chi connectivity index (χ0v) is 20.9. The summed E-state index contributed by atoms with van der Waals surface area (Å²) in [5.41, 5.74) is 10.7. The number of fused-ring (bicyclic) bond motifs is 6. The topological polar surface area (TPSA) is 18.1 Å². The van der Waals surface area contributed by atoms with Crippen molar-refractivity contribution in [2.75, 3.05) is 0 Å². The van der Waals surface area contributed by atoms with Crippen molar-refractivity contribution in [1.29, 1.82) is 0 Å². The SMILES string of the molecule is C1=C(n2c3ccc(-c4ccccc4)cc3c3cc(-c4ccccc4)ccc32)c2oc3ccccc3c2CC1. The molecule has 7 aromatic rings. The highest BCUT2D eigenvalue weighted by atomic mass is 16.3. The second-order valence-electron chi connectivity index (χ2n) is 10.1. The molecule has 2 nitrogen and oxygen atoms in total.